The predicted octanol–water partition coefficient (Wildman–Crippen LogP) is 2.92. The van der Waals surface area contributed by atoms with Crippen molar-refractivity contribution in [2.45, 2.75) is 25.8 Å². The Morgan fingerprint density at radius 1 is 1.08 bits per heavy atom. The van der Waals surface area contributed by atoms with Crippen molar-refractivity contribution in [3.63, 3.8) is 0 Å². The zero-order valence-corrected chi connectivity index (χ0v) is 13.5. The molecule has 0 aromatic heterocycles. The molecule has 4 rings (SSSR count). The molecule has 4 nitrogen and oxygen atoms in total. The van der Waals surface area contributed by atoms with E-state index in [1.807, 2.05) is 47.4 Å². The van der Waals surface area contributed by atoms with Gasteiger partial charge < -0.3 is 10.2 Å². The number of rotatable bonds is 4. The number of benzene rings is 2. The van der Waals surface area contributed by atoms with Gasteiger partial charge in [-0.05, 0) is 48.6 Å². The lowest BCUT2D eigenvalue weighted by atomic mass is 10.1. The number of nitrogens with one attached hydrogen (secondary N) is 1. The number of anilines is 1. The quantitative estimate of drug-likeness (QED) is 0.941. The molecule has 1 aliphatic carbocycles. The minimum Gasteiger partial charge on any atom is -0.352 e. The van der Waals surface area contributed by atoms with Crippen LogP contribution >= 0.6 is 0 Å². The van der Waals surface area contributed by atoms with Crippen molar-refractivity contribution in [2.75, 3.05) is 11.4 Å². The van der Waals surface area contributed by atoms with E-state index in [1.165, 1.54) is 5.56 Å². The number of fused-ring (bicyclic) bond motifs is 1. The fraction of sp³-hybridized carbons (Fsp3) is 0.300. The van der Waals surface area contributed by atoms with Crippen molar-refractivity contribution in [1.82, 2.24) is 5.32 Å². The van der Waals surface area contributed by atoms with E-state index in [1.54, 1.807) is 0 Å². The molecule has 1 fully saturated rings. The van der Waals surface area contributed by atoms with Crippen LogP contribution < -0.4 is 10.2 Å². The second-order valence-electron chi connectivity index (χ2n) is 6.53. The van der Waals surface area contributed by atoms with E-state index in [9.17, 15) is 9.59 Å². The van der Waals surface area contributed by atoms with Gasteiger partial charge in [-0.2, -0.15) is 0 Å². The zero-order chi connectivity index (χ0) is 16.5. The fourth-order valence-corrected chi connectivity index (χ4v) is 3.16. The molecule has 1 saturated carbocycles. The smallest absolute Gasteiger partial charge is 0.258 e. The second kappa shape index (κ2) is 6.11. The van der Waals surface area contributed by atoms with Crippen LogP contribution in [0, 0.1) is 5.92 Å². The lowest BCUT2D eigenvalue weighted by Crippen LogP contribution is -2.29. The molecule has 2 aromatic rings. The van der Waals surface area contributed by atoms with Gasteiger partial charge in [0, 0.05) is 30.3 Å². The van der Waals surface area contributed by atoms with Crippen molar-refractivity contribution in [1.29, 1.82) is 0 Å². The average molecular weight is 320 g/mol. The van der Waals surface area contributed by atoms with E-state index in [0.717, 1.165) is 30.5 Å². The Kier molecular flexibility index (Phi) is 3.81. The Labute approximate surface area is 141 Å². The number of amides is 2. The lowest BCUT2D eigenvalue weighted by molar-refractivity contribution is -0.122. The molecule has 2 aromatic carbocycles. The van der Waals surface area contributed by atoms with E-state index in [-0.39, 0.29) is 17.7 Å². The Hall–Kier alpha value is -2.62. The first-order valence-corrected chi connectivity index (χ1v) is 8.49. The molecule has 2 amide bonds. The van der Waals surface area contributed by atoms with Gasteiger partial charge in [0.2, 0.25) is 5.91 Å². The highest BCUT2D eigenvalue weighted by Gasteiger charge is 2.29. The average Bonchev–Trinajstić information content (AvgIpc) is 3.39. The number of carbonyl (C=O) groups excluding carboxylic acids is 2. The number of hydrogen-bond donors (Lipinski definition) is 1. The first-order valence-electron chi connectivity index (χ1n) is 8.49. The standard InChI is InChI=1S/C20H20N2O2/c23-19(16-8-9-16)21-13-14-6-7-15-10-11-22(18(15)12-14)20(24)17-4-2-1-3-5-17/h1-7,12,16H,8-11,13H2,(H,21,23). The Balaban J connectivity index is 1.52. The normalized spacial score (nSPS) is 15.9. The molecular formula is C20H20N2O2. The highest BCUT2D eigenvalue weighted by atomic mass is 16.2. The molecule has 2 aliphatic rings. The molecule has 1 heterocycles. The van der Waals surface area contributed by atoms with Crippen molar-refractivity contribution >= 4 is 17.5 Å². The SMILES string of the molecule is O=C(NCc1ccc2c(c1)N(C(=O)c1ccccc1)CC2)C1CC1. The monoisotopic (exact) mass is 320 g/mol. The van der Waals surface area contributed by atoms with Crippen LogP contribution in [0.3, 0.4) is 0 Å². The van der Waals surface area contributed by atoms with E-state index >= 15 is 0 Å². The Bertz CT molecular complexity index is 781. The van der Waals surface area contributed by atoms with Crippen LogP contribution in [0.15, 0.2) is 48.5 Å². The first kappa shape index (κ1) is 14.9. The van der Waals surface area contributed by atoms with Crippen LogP contribution in [-0.2, 0) is 17.8 Å². The second-order valence-corrected chi connectivity index (χ2v) is 6.53. The zero-order valence-electron chi connectivity index (χ0n) is 13.5. The van der Waals surface area contributed by atoms with Crippen molar-refractivity contribution in [3.8, 4) is 0 Å². The van der Waals surface area contributed by atoms with Gasteiger partial charge in [0.05, 0.1) is 0 Å². The molecular weight excluding hydrogens is 300 g/mol. The van der Waals surface area contributed by atoms with Gasteiger partial charge in [0.1, 0.15) is 0 Å². The predicted molar refractivity (Wildman–Crippen MR) is 92.8 cm³/mol. The van der Waals surface area contributed by atoms with Gasteiger partial charge in [-0.25, -0.2) is 0 Å². The summed E-state index contributed by atoms with van der Waals surface area (Å²) >= 11 is 0. The maximum Gasteiger partial charge on any atom is 0.258 e. The van der Waals surface area contributed by atoms with Crippen LogP contribution in [0.1, 0.15) is 34.3 Å². The number of carbonyl (C=O) groups is 2. The third-order valence-electron chi connectivity index (χ3n) is 4.73. The van der Waals surface area contributed by atoms with Crippen LogP contribution in [0.25, 0.3) is 0 Å². The molecule has 1 N–H and O–H groups in total. The maximum atomic E-state index is 12.7. The summed E-state index contributed by atoms with van der Waals surface area (Å²) in [6.07, 6.45) is 2.90. The lowest BCUT2D eigenvalue weighted by Gasteiger charge is -2.18. The summed E-state index contributed by atoms with van der Waals surface area (Å²) in [7, 11) is 0. The summed E-state index contributed by atoms with van der Waals surface area (Å²) in [6, 6.07) is 15.5. The van der Waals surface area contributed by atoms with Gasteiger partial charge in [-0.1, -0.05) is 30.3 Å². The van der Waals surface area contributed by atoms with Crippen LogP contribution in [0.4, 0.5) is 5.69 Å². The van der Waals surface area contributed by atoms with Crippen molar-refractivity contribution < 1.29 is 9.59 Å². The van der Waals surface area contributed by atoms with Crippen LogP contribution in [-0.4, -0.2) is 18.4 Å². The molecule has 122 valence electrons. The van der Waals surface area contributed by atoms with E-state index in [2.05, 4.69) is 11.4 Å². The largest absolute Gasteiger partial charge is 0.352 e. The third-order valence-corrected chi connectivity index (χ3v) is 4.73. The minimum atomic E-state index is 0.0357. The Morgan fingerprint density at radius 3 is 2.62 bits per heavy atom. The molecule has 0 saturated heterocycles. The van der Waals surface area contributed by atoms with E-state index < -0.39 is 0 Å². The number of hydrogen-bond acceptors (Lipinski definition) is 2. The molecule has 4 heteroatoms. The maximum absolute atomic E-state index is 12.7. The topological polar surface area (TPSA) is 49.4 Å². The number of nitrogens with zero attached hydrogens (tertiary/aromatic N) is 1. The van der Waals surface area contributed by atoms with Gasteiger partial charge in [-0.3, -0.25) is 9.59 Å². The summed E-state index contributed by atoms with van der Waals surface area (Å²) in [5, 5.41) is 2.99. The fourth-order valence-electron chi connectivity index (χ4n) is 3.16. The van der Waals surface area contributed by atoms with E-state index in [4.69, 9.17) is 0 Å². The van der Waals surface area contributed by atoms with Gasteiger partial charge >= 0.3 is 0 Å². The third kappa shape index (κ3) is 2.92. The van der Waals surface area contributed by atoms with Gasteiger partial charge in [0.25, 0.3) is 5.91 Å². The highest BCUT2D eigenvalue weighted by molar-refractivity contribution is 6.07. The summed E-state index contributed by atoms with van der Waals surface area (Å²) in [6.45, 7) is 1.23. The molecule has 0 unspecified atom stereocenters. The van der Waals surface area contributed by atoms with Gasteiger partial charge in [-0.15, -0.1) is 0 Å². The van der Waals surface area contributed by atoms with Crippen molar-refractivity contribution in [2.24, 2.45) is 5.92 Å². The van der Waals surface area contributed by atoms with Crippen LogP contribution in [0.5, 0.6) is 0 Å². The molecule has 0 atom stereocenters. The summed E-state index contributed by atoms with van der Waals surface area (Å²) in [5.41, 5.74) is 3.91. The summed E-state index contributed by atoms with van der Waals surface area (Å²) < 4.78 is 0. The molecule has 24 heavy (non-hydrogen) atoms. The molecule has 0 bridgehead atoms. The highest BCUT2D eigenvalue weighted by Crippen LogP contribution is 2.31. The molecule has 0 spiro atoms. The summed E-state index contributed by atoms with van der Waals surface area (Å²) in [5.74, 6) is 0.400. The Morgan fingerprint density at radius 2 is 1.88 bits per heavy atom. The minimum absolute atomic E-state index is 0.0357. The molecule has 0 radical (unpaired) electrons. The van der Waals surface area contributed by atoms with E-state index in [0.29, 0.717) is 18.7 Å². The summed E-state index contributed by atoms with van der Waals surface area (Å²) in [4.78, 5) is 26.4. The van der Waals surface area contributed by atoms with Crippen LogP contribution in [0.2, 0.25) is 0 Å². The van der Waals surface area contributed by atoms with Crippen molar-refractivity contribution in [3.05, 3.63) is 65.2 Å². The van der Waals surface area contributed by atoms with Gasteiger partial charge in [0.15, 0.2) is 0 Å². The molecule has 1 aliphatic heterocycles. The first-order chi connectivity index (χ1) is 11.7.